The topological polar surface area (TPSA) is 44.1 Å². The molecule has 0 aliphatic heterocycles. The van der Waals surface area contributed by atoms with Crippen LogP contribution in [0.3, 0.4) is 0 Å². The highest BCUT2D eigenvalue weighted by atomic mass is 19.4. The van der Waals surface area contributed by atoms with E-state index < -0.39 is 18.1 Å². The minimum Gasteiger partial charge on any atom is -0.315 e. The number of carbonyl (C=O) groups is 1. The average Bonchev–Trinajstić information content (AvgIpc) is 2.35. The number of carbonyl (C=O) groups excluding carboxylic acids is 1. The van der Waals surface area contributed by atoms with E-state index in [4.69, 9.17) is 5.26 Å². The maximum atomic E-state index is 12.5. The number of amides is 1. The van der Waals surface area contributed by atoms with Crippen molar-refractivity contribution >= 4 is 5.91 Å². The Morgan fingerprint density at radius 1 is 1.42 bits per heavy atom. The van der Waals surface area contributed by atoms with Crippen molar-refractivity contribution in [2.24, 2.45) is 0 Å². The van der Waals surface area contributed by atoms with Gasteiger partial charge in [0.05, 0.1) is 6.07 Å². The van der Waals surface area contributed by atoms with Gasteiger partial charge in [0.2, 0.25) is 0 Å². The number of hydrogen-bond acceptors (Lipinski definition) is 2. The van der Waals surface area contributed by atoms with Crippen molar-refractivity contribution in [1.29, 1.82) is 5.26 Å². The summed E-state index contributed by atoms with van der Waals surface area (Å²) in [6, 6.07) is 7.11. The summed E-state index contributed by atoms with van der Waals surface area (Å²) in [5.41, 5.74) is 1.08. The zero-order valence-corrected chi connectivity index (χ0v) is 10.5. The van der Waals surface area contributed by atoms with Gasteiger partial charge in [-0.15, -0.1) is 0 Å². The summed E-state index contributed by atoms with van der Waals surface area (Å²) < 4.78 is 37.5. The summed E-state index contributed by atoms with van der Waals surface area (Å²) in [6.45, 7) is 2.91. The molecule has 102 valence electrons. The molecule has 0 heterocycles. The molecule has 0 saturated carbocycles. The van der Waals surface area contributed by atoms with Crippen molar-refractivity contribution in [3.05, 3.63) is 35.4 Å². The fourth-order valence-corrected chi connectivity index (χ4v) is 1.81. The van der Waals surface area contributed by atoms with Crippen molar-refractivity contribution in [2.75, 3.05) is 6.54 Å². The van der Waals surface area contributed by atoms with Crippen LogP contribution in [0.1, 0.15) is 24.1 Å². The van der Waals surface area contributed by atoms with Crippen molar-refractivity contribution in [3.8, 4) is 6.07 Å². The smallest absolute Gasteiger partial charge is 0.315 e. The molecule has 0 aliphatic rings. The molecule has 0 saturated heterocycles. The SMILES string of the molecule is CCN(C(=O)C(F)(F)F)C(C#N)c1ccccc1C. The van der Waals surface area contributed by atoms with E-state index in [9.17, 15) is 18.0 Å². The standard InChI is InChI=1S/C13H13F3N2O/c1-3-18(12(19)13(14,15)16)11(8-17)10-7-5-4-6-9(10)2/h4-7,11H,3H2,1-2H3. The highest BCUT2D eigenvalue weighted by Gasteiger charge is 2.44. The van der Waals surface area contributed by atoms with E-state index in [1.165, 1.54) is 6.92 Å². The Labute approximate surface area is 109 Å². The van der Waals surface area contributed by atoms with Gasteiger partial charge in [-0.25, -0.2) is 0 Å². The number of benzene rings is 1. The molecule has 0 aliphatic carbocycles. The van der Waals surface area contributed by atoms with Crippen LogP contribution in [-0.2, 0) is 4.79 Å². The van der Waals surface area contributed by atoms with Crippen LogP contribution >= 0.6 is 0 Å². The zero-order valence-electron chi connectivity index (χ0n) is 10.5. The third-order valence-corrected chi connectivity index (χ3v) is 2.76. The summed E-state index contributed by atoms with van der Waals surface area (Å²) in [4.78, 5) is 11.9. The van der Waals surface area contributed by atoms with Crippen LogP contribution in [-0.4, -0.2) is 23.5 Å². The number of rotatable bonds is 3. The van der Waals surface area contributed by atoms with Crippen LogP contribution < -0.4 is 0 Å². The predicted octanol–water partition coefficient (Wildman–Crippen LogP) is 2.97. The number of nitrogens with zero attached hydrogens (tertiary/aromatic N) is 2. The van der Waals surface area contributed by atoms with E-state index in [1.807, 2.05) is 0 Å². The van der Waals surface area contributed by atoms with Crippen LogP contribution in [0.4, 0.5) is 13.2 Å². The first-order valence-corrected chi connectivity index (χ1v) is 5.65. The first-order valence-electron chi connectivity index (χ1n) is 5.65. The largest absolute Gasteiger partial charge is 0.471 e. The predicted molar refractivity (Wildman–Crippen MR) is 63.0 cm³/mol. The Bertz CT molecular complexity index is 505. The Morgan fingerprint density at radius 2 is 2.00 bits per heavy atom. The molecule has 1 aromatic carbocycles. The maximum absolute atomic E-state index is 12.5. The Kier molecular flexibility index (Phi) is 4.54. The first-order chi connectivity index (χ1) is 8.82. The van der Waals surface area contributed by atoms with Gasteiger partial charge in [0.25, 0.3) is 0 Å². The van der Waals surface area contributed by atoms with Crippen LogP contribution in [0, 0.1) is 18.3 Å². The second-order valence-electron chi connectivity index (χ2n) is 3.98. The molecule has 0 fully saturated rings. The maximum Gasteiger partial charge on any atom is 0.471 e. The van der Waals surface area contributed by atoms with Gasteiger partial charge in [-0.2, -0.15) is 18.4 Å². The minimum absolute atomic E-state index is 0.190. The van der Waals surface area contributed by atoms with E-state index in [-0.39, 0.29) is 6.54 Å². The normalized spacial score (nSPS) is 12.6. The molecule has 1 aromatic rings. The second kappa shape index (κ2) is 5.74. The van der Waals surface area contributed by atoms with Gasteiger partial charge in [0.15, 0.2) is 0 Å². The van der Waals surface area contributed by atoms with E-state index in [0.29, 0.717) is 16.0 Å². The van der Waals surface area contributed by atoms with Crippen LogP contribution in [0.15, 0.2) is 24.3 Å². The first kappa shape index (κ1) is 15.0. The number of aryl methyl sites for hydroxylation is 1. The highest BCUT2D eigenvalue weighted by molar-refractivity contribution is 5.82. The summed E-state index contributed by atoms with van der Waals surface area (Å²) in [7, 11) is 0. The molecule has 6 heteroatoms. The molecule has 0 aromatic heterocycles. The van der Waals surface area contributed by atoms with Gasteiger partial charge in [-0.05, 0) is 25.0 Å². The van der Waals surface area contributed by atoms with Gasteiger partial charge in [0.1, 0.15) is 6.04 Å². The third kappa shape index (κ3) is 3.25. The lowest BCUT2D eigenvalue weighted by Crippen LogP contribution is -2.43. The van der Waals surface area contributed by atoms with Gasteiger partial charge >= 0.3 is 12.1 Å². The summed E-state index contributed by atoms with van der Waals surface area (Å²) in [5, 5.41) is 9.11. The lowest BCUT2D eigenvalue weighted by atomic mass is 10.0. The van der Waals surface area contributed by atoms with E-state index in [1.54, 1.807) is 37.3 Å². The molecule has 3 nitrogen and oxygen atoms in total. The molecular weight excluding hydrogens is 257 g/mol. The van der Waals surface area contributed by atoms with Crippen molar-refractivity contribution in [3.63, 3.8) is 0 Å². The minimum atomic E-state index is -4.98. The number of alkyl halides is 3. The van der Waals surface area contributed by atoms with E-state index in [0.717, 1.165) is 0 Å². The molecule has 0 bridgehead atoms. The lowest BCUT2D eigenvalue weighted by Gasteiger charge is -2.27. The van der Waals surface area contributed by atoms with Gasteiger partial charge in [-0.1, -0.05) is 24.3 Å². The van der Waals surface area contributed by atoms with E-state index in [2.05, 4.69) is 0 Å². The van der Waals surface area contributed by atoms with Gasteiger partial charge in [-0.3, -0.25) is 4.79 Å². The summed E-state index contributed by atoms with van der Waals surface area (Å²) >= 11 is 0. The number of nitriles is 1. The monoisotopic (exact) mass is 270 g/mol. The quantitative estimate of drug-likeness (QED) is 0.847. The number of hydrogen-bond donors (Lipinski definition) is 0. The molecule has 1 rings (SSSR count). The molecule has 0 radical (unpaired) electrons. The van der Waals surface area contributed by atoms with Gasteiger partial charge in [0, 0.05) is 6.54 Å². The molecule has 1 unspecified atom stereocenters. The Hall–Kier alpha value is -2.03. The molecule has 1 amide bonds. The van der Waals surface area contributed by atoms with E-state index >= 15 is 0 Å². The fraction of sp³-hybridized carbons (Fsp3) is 0.385. The molecular formula is C13H13F3N2O. The second-order valence-corrected chi connectivity index (χ2v) is 3.98. The van der Waals surface area contributed by atoms with Crippen LogP contribution in [0.25, 0.3) is 0 Å². The van der Waals surface area contributed by atoms with Crippen LogP contribution in [0.2, 0.25) is 0 Å². The molecule has 1 atom stereocenters. The molecule has 0 spiro atoms. The summed E-state index contributed by atoms with van der Waals surface area (Å²) in [6.07, 6.45) is -4.98. The molecule has 0 N–H and O–H groups in total. The average molecular weight is 270 g/mol. The lowest BCUT2D eigenvalue weighted by molar-refractivity contribution is -0.186. The Morgan fingerprint density at radius 3 is 2.42 bits per heavy atom. The third-order valence-electron chi connectivity index (χ3n) is 2.76. The summed E-state index contributed by atoms with van der Waals surface area (Å²) in [5.74, 6) is -2.00. The fourth-order valence-electron chi connectivity index (χ4n) is 1.81. The van der Waals surface area contributed by atoms with Crippen LogP contribution in [0.5, 0.6) is 0 Å². The number of halogens is 3. The highest BCUT2D eigenvalue weighted by Crippen LogP contribution is 2.28. The van der Waals surface area contributed by atoms with Crippen molar-refractivity contribution < 1.29 is 18.0 Å². The molecule has 19 heavy (non-hydrogen) atoms. The zero-order chi connectivity index (χ0) is 14.6. The van der Waals surface area contributed by atoms with Crippen molar-refractivity contribution in [1.82, 2.24) is 4.90 Å². The Balaban J connectivity index is 3.19. The van der Waals surface area contributed by atoms with Crippen molar-refractivity contribution in [2.45, 2.75) is 26.1 Å². The van der Waals surface area contributed by atoms with Gasteiger partial charge < -0.3 is 4.90 Å².